The van der Waals surface area contributed by atoms with Crippen molar-refractivity contribution in [3.63, 3.8) is 0 Å². The van der Waals surface area contributed by atoms with Gasteiger partial charge in [-0.1, -0.05) is 0 Å². The van der Waals surface area contributed by atoms with Gasteiger partial charge in [-0.2, -0.15) is 0 Å². The molecule has 1 aliphatic rings. The smallest absolute Gasteiger partial charge is 0.182 e. The third-order valence-electron chi connectivity index (χ3n) is 6.00. The molecule has 0 radical (unpaired) electrons. The standard InChI is InChI=1S/C24H24NO4/c1-26-21-9-16-15-8-14-6-5-7-25(14)13-20(15)19-12-24(29-4)23(28-3)11-18(19)17(16)10-22(21)27-2/h8-13H,5-7H2,1-4H3/q+1. The fourth-order valence-electron chi connectivity index (χ4n) is 4.58. The van der Waals surface area contributed by atoms with Crippen LogP contribution in [0.1, 0.15) is 12.1 Å². The zero-order valence-corrected chi connectivity index (χ0v) is 17.2. The number of benzene rings is 3. The summed E-state index contributed by atoms with van der Waals surface area (Å²) < 4.78 is 24.8. The summed E-state index contributed by atoms with van der Waals surface area (Å²) in [6.07, 6.45) is 4.57. The maximum absolute atomic E-state index is 5.60. The monoisotopic (exact) mass is 390 g/mol. The first-order chi connectivity index (χ1) is 14.2. The number of rotatable bonds is 4. The van der Waals surface area contributed by atoms with Gasteiger partial charge in [0.2, 0.25) is 0 Å². The lowest BCUT2D eigenvalue weighted by atomic mass is 9.94. The number of hydrogen-bond acceptors (Lipinski definition) is 4. The summed E-state index contributed by atoms with van der Waals surface area (Å²) in [6.45, 7) is 1.06. The normalized spacial score (nSPS) is 13.1. The Morgan fingerprint density at radius 3 is 1.45 bits per heavy atom. The Balaban J connectivity index is 2.03. The van der Waals surface area contributed by atoms with Gasteiger partial charge < -0.3 is 18.9 Å². The summed E-state index contributed by atoms with van der Waals surface area (Å²) in [4.78, 5) is 0. The molecule has 29 heavy (non-hydrogen) atoms. The van der Waals surface area contributed by atoms with E-state index in [-0.39, 0.29) is 0 Å². The van der Waals surface area contributed by atoms with Crippen LogP contribution in [0.3, 0.4) is 0 Å². The fraction of sp³-hybridized carbons (Fsp3) is 0.292. The van der Waals surface area contributed by atoms with Crippen LogP contribution in [0.2, 0.25) is 0 Å². The van der Waals surface area contributed by atoms with E-state index in [1.54, 1.807) is 28.4 Å². The summed E-state index contributed by atoms with van der Waals surface area (Å²) in [5.74, 6) is 2.89. The number of hydrogen-bond donors (Lipinski definition) is 0. The molecule has 0 fully saturated rings. The molecular formula is C24H24NO4+. The van der Waals surface area contributed by atoms with Gasteiger partial charge in [0.25, 0.3) is 0 Å². The van der Waals surface area contributed by atoms with Crippen molar-refractivity contribution in [2.24, 2.45) is 0 Å². The van der Waals surface area contributed by atoms with Crippen molar-refractivity contribution in [3.8, 4) is 23.0 Å². The largest absolute Gasteiger partial charge is 0.493 e. The van der Waals surface area contributed by atoms with E-state index in [0.29, 0.717) is 11.5 Å². The van der Waals surface area contributed by atoms with Crippen LogP contribution in [0, 0.1) is 0 Å². The predicted octanol–water partition coefficient (Wildman–Crippen LogP) is 4.41. The Morgan fingerprint density at radius 1 is 0.586 bits per heavy atom. The number of aromatic nitrogens is 1. The number of aryl methyl sites for hydroxylation is 2. The molecule has 1 aromatic heterocycles. The van der Waals surface area contributed by atoms with E-state index in [9.17, 15) is 0 Å². The topological polar surface area (TPSA) is 40.8 Å². The molecule has 0 unspecified atom stereocenters. The van der Waals surface area contributed by atoms with Crippen LogP contribution in [-0.2, 0) is 13.0 Å². The van der Waals surface area contributed by atoms with Crippen molar-refractivity contribution < 1.29 is 23.5 Å². The number of methoxy groups -OCH3 is 4. The molecule has 0 spiro atoms. The molecule has 0 atom stereocenters. The highest BCUT2D eigenvalue weighted by Crippen LogP contribution is 2.44. The second kappa shape index (κ2) is 6.69. The molecule has 0 amide bonds. The van der Waals surface area contributed by atoms with Crippen molar-refractivity contribution in [1.29, 1.82) is 0 Å². The maximum Gasteiger partial charge on any atom is 0.182 e. The first-order valence-corrected chi connectivity index (χ1v) is 9.78. The van der Waals surface area contributed by atoms with Gasteiger partial charge in [-0.15, -0.1) is 0 Å². The molecule has 1 aliphatic heterocycles. The molecule has 5 rings (SSSR count). The van der Waals surface area contributed by atoms with Crippen molar-refractivity contribution in [1.82, 2.24) is 0 Å². The van der Waals surface area contributed by atoms with Crippen LogP contribution in [0.15, 0.2) is 36.5 Å². The fourth-order valence-corrected chi connectivity index (χ4v) is 4.58. The highest BCUT2D eigenvalue weighted by molar-refractivity contribution is 6.26. The molecule has 0 aliphatic carbocycles. The van der Waals surface area contributed by atoms with Gasteiger partial charge in [-0.3, -0.25) is 0 Å². The summed E-state index contributed by atoms with van der Waals surface area (Å²) >= 11 is 0. The molecule has 5 nitrogen and oxygen atoms in total. The van der Waals surface area contributed by atoms with Gasteiger partial charge >= 0.3 is 0 Å². The summed E-state index contributed by atoms with van der Waals surface area (Å²) in [7, 11) is 6.68. The lowest BCUT2D eigenvalue weighted by Gasteiger charge is -2.16. The van der Waals surface area contributed by atoms with Gasteiger partial charge in [-0.25, -0.2) is 4.57 Å². The maximum atomic E-state index is 5.60. The SMILES string of the molecule is COc1cc2c3cc(OC)c(OC)cc3c3c[n+]4c(cc3c2cc1OC)CCC4. The van der Waals surface area contributed by atoms with E-state index in [4.69, 9.17) is 18.9 Å². The molecule has 3 aromatic carbocycles. The molecule has 2 heterocycles. The zero-order chi connectivity index (χ0) is 20.1. The Morgan fingerprint density at radius 2 is 1.00 bits per heavy atom. The Bertz CT molecular complexity index is 1180. The molecule has 0 N–H and O–H groups in total. The number of fused-ring (bicyclic) bond motifs is 7. The van der Waals surface area contributed by atoms with Gasteiger partial charge in [0.05, 0.1) is 33.8 Å². The van der Waals surface area contributed by atoms with Crippen LogP contribution in [0.5, 0.6) is 23.0 Å². The molecule has 0 saturated heterocycles. The van der Waals surface area contributed by atoms with E-state index >= 15 is 0 Å². The minimum absolute atomic E-state index is 0.712. The molecule has 0 bridgehead atoms. The minimum Gasteiger partial charge on any atom is -0.493 e. The Kier molecular flexibility index (Phi) is 4.12. The van der Waals surface area contributed by atoms with Crippen molar-refractivity contribution in [3.05, 3.63) is 42.2 Å². The number of pyridine rings is 1. The van der Waals surface area contributed by atoms with Gasteiger partial charge in [0.1, 0.15) is 6.54 Å². The zero-order valence-electron chi connectivity index (χ0n) is 17.2. The van der Waals surface area contributed by atoms with E-state index in [1.807, 2.05) is 0 Å². The highest BCUT2D eigenvalue weighted by atomic mass is 16.5. The number of ether oxygens (including phenoxy) is 4. The first-order valence-electron chi connectivity index (χ1n) is 9.78. The van der Waals surface area contributed by atoms with Crippen molar-refractivity contribution in [2.75, 3.05) is 28.4 Å². The van der Waals surface area contributed by atoms with E-state index in [2.05, 4.69) is 41.1 Å². The van der Waals surface area contributed by atoms with Crippen LogP contribution < -0.4 is 23.5 Å². The predicted molar refractivity (Wildman–Crippen MR) is 114 cm³/mol. The molecular weight excluding hydrogens is 366 g/mol. The average Bonchev–Trinajstić information content (AvgIpc) is 3.23. The summed E-state index contributed by atoms with van der Waals surface area (Å²) in [6, 6.07) is 10.6. The highest BCUT2D eigenvalue weighted by Gasteiger charge is 2.23. The summed E-state index contributed by atoms with van der Waals surface area (Å²) in [5.41, 5.74) is 1.37. The lowest BCUT2D eigenvalue weighted by molar-refractivity contribution is -0.689. The van der Waals surface area contributed by atoms with Crippen molar-refractivity contribution in [2.45, 2.75) is 19.4 Å². The Hall–Kier alpha value is -3.21. The van der Waals surface area contributed by atoms with Gasteiger partial charge in [0.15, 0.2) is 34.9 Å². The lowest BCUT2D eigenvalue weighted by Crippen LogP contribution is -2.32. The van der Waals surface area contributed by atoms with Gasteiger partial charge in [-0.05, 0) is 40.4 Å². The second-order valence-electron chi connectivity index (χ2n) is 7.39. The molecule has 148 valence electrons. The Labute approximate surface area is 169 Å². The molecule has 0 saturated carbocycles. The molecule has 5 heteroatoms. The third-order valence-corrected chi connectivity index (χ3v) is 6.00. The number of nitrogens with zero attached hydrogens (tertiary/aromatic N) is 1. The minimum atomic E-state index is 0.712. The molecule has 4 aromatic rings. The van der Waals surface area contributed by atoms with E-state index in [1.165, 1.54) is 22.9 Å². The van der Waals surface area contributed by atoms with E-state index in [0.717, 1.165) is 46.0 Å². The van der Waals surface area contributed by atoms with Crippen LogP contribution >= 0.6 is 0 Å². The van der Waals surface area contributed by atoms with Crippen LogP contribution in [0.4, 0.5) is 0 Å². The first kappa shape index (κ1) is 17.9. The van der Waals surface area contributed by atoms with Crippen LogP contribution in [-0.4, -0.2) is 28.4 Å². The van der Waals surface area contributed by atoms with E-state index < -0.39 is 0 Å². The van der Waals surface area contributed by atoms with Gasteiger partial charge in [0, 0.05) is 29.7 Å². The third kappa shape index (κ3) is 2.57. The average molecular weight is 390 g/mol. The quantitative estimate of drug-likeness (QED) is 0.382. The van der Waals surface area contributed by atoms with Crippen molar-refractivity contribution >= 4 is 32.3 Å². The second-order valence-corrected chi connectivity index (χ2v) is 7.39. The van der Waals surface area contributed by atoms with Crippen LogP contribution in [0.25, 0.3) is 32.3 Å². The summed E-state index contributed by atoms with van der Waals surface area (Å²) in [5, 5.41) is 6.91.